The maximum absolute atomic E-state index is 13.4. The lowest BCUT2D eigenvalue weighted by Gasteiger charge is -2.45. The van der Waals surface area contributed by atoms with Crippen LogP contribution < -0.4 is 11.5 Å². The fraction of sp³-hybridized carbons (Fsp3) is 0.545. The van der Waals surface area contributed by atoms with Crippen molar-refractivity contribution < 1.29 is 42.2 Å². The third-order valence-electron chi connectivity index (χ3n) is 7.70. The Morgan fingerprint density at radius 2 is 1.83 bits per heavy atom. The monoisotopic (exact) mass is 661 g/mol. The molecule has 3 aromatic heterocycles. The van der Waals surface area contributed by atoms with Gasteiger partial charge in [-0.25, -0.2) is 24.1 Å². The van der Waals surface area contributed by atoms with Crippen molar-refractivity contribution in [2.75, 3.05) is 25.6 Å². The van der Waals surface area contributed by atoms with Gasteiger partial charge in [0.25, 0.3) is 0 Å². The summed E-state index contributed by atoms with van der Waals surface area (Å²) in [7, 11) is 0. The number of anilines is 1. The number of hydrogen-bond acceptors (Lipinski definition) is 15. The normalized spacial score (nSPS) is 38.4. The van der Waals surface area contributed by atoms with Crippen molar-refractivity contribution in [2.45, 2.75) is 43.1 Å². The molecule has 0 amide bonds. The zero-order valence-corrected chi connectivity index (χ0v) is 25.3. The van der Waals surface area contributed by atoms with Gasteiger partial charge in [-0.1, -0.05) is 24.5 Å². The molecule has 2 bridgehead atoms. The fourth-order valence-corrected chi connectivity index (χ4v) is 8.15. The molecule has 0 spiro atoms. The van der Waals surface area contributed by atoms with Crippen molar-refractivity contribution in [1.82, 2.24) is 24.5 Å². The standard InChI is InChI=1S/C22H29N7O9P2S2/c23-20-16-22(27-8-26-20)29(9-28-16)14-4-11-5-34-40(33,42)38-19-17(30)15(7-36-39(32,41)35-6-12(11)14)37-18(19)10-1-2-25-13(3-10)21(24)31/h1-3,8-9,11-12,14-15,17-19,21,30-31H,4-7,24H2,(H,32,41)(H,33,42)(H2,23,26,27)/t11-,12-,14-,15-,17-,18+,19-,21?,39-,40+/m1/s1. The number of aliphatic hydroxyl groups is 2. The van der Waals surface area contributed by atoms with Gasteiger partial charge in [-0.2, -0.15) is 0 Å². The molecule has 0 radical (unpaired) electrons. The van der Waals surface area contributed by atoms with E-state index in [9.17, 15) is 19.3 Å². The van der Waals surface area contributed by atoms with Crippen LogP contribution in [0.15, 0.2) is 31.0 Å². The smallest absolute Gasteiger partial charge is 0.386 e. The number of nitrogen functional groups attached to an aromatic ring is 1. The summed E-state index contributed by atoms with van der Waals surface area (Å²) >= 11 is 8.30. The van der Waals surface area contributed by atoms with Crippen LogP contribution in [0.2, 0.25) is 0 Å². The number of imidazole rings is 1. The predicted octanol–water partition coefficient (Wildman–Crippen LogP) is 1.96. The van der Waals surface area contributed by atoms with Gasteiger partial charge in [0.15, 0.2) is 11.5 Å². The van der Waals surface area contributed by atoms with Crippen LogP contribution >= 0.6 is 38.1 Å². The molecule has 0 aromatic carbocycles. The van der Waals surface area contributed by atoms with Crippen LogP contribution in [0.25, 0.3) is 11.2 Å². The Bertz CT molecular complexity index is 1570. The first-order valence-corrected chi connectivity index (χ1v) is 18.2. The minimum atomic E-state index is -4.06. The predicted molar refractivity (Wildman–Crippen MR) is 153 cm³/mol. The molecule has 3 aromatic rings. The summed E-state index contributed by atoms with van der Waals surface area (Å²) in [5.41, 5.74) is 13.0. The average molecular weight is 662 g/mol. The summed E-state index contributed by atoms with van der Waals surface area (Å²) in [6, 6.07) is 2.82. The van der Waals surface area contributed by atoms with E-state index in [4.69, 9.17) is 34.3 Å². The van der Waals surface area contributed by atoms with Crippen molar-refractivity contribution >= 4 is 55.1 Å². The molecule has 6 rings (SSSR count). The van der Waals surface area contributed by atoms with Gasteiger partial charge >= 0.3 is 13.6 Å². The maximum atomic E-state index is 13.4. The van der Waals surface area contributed by atoms with E-state index in [1.54, 1.807) is 12.4 Å². The molecule has 1 aliphatic carbocycles. The highest BCUT2D eigenvalue weighted by atomic mass is 32.7. The molecular weight excluding hydrogens is 632 g/mol. The summed E-state index contributed by atoms with van der Waals surface area (Å²) < 4.78 is 57.0. The lowest BCUT2D eigenvalue weighted by atomic mass is 9.70. The van der Waals surface area contributed by atoms with E-state index in [-0.39, 0.29) is 42.6 Å². The first-order chi connectivity index (χ1) is 19.9. The summed E-state index contributed by atoms with van der Waals surface area (Å²) in [5.74, 6) is -0.293. The van der Waals surface area contributed by atoms with Gasteiger partial charge in [0.2, 0.25) is 0 Å². The Balaban J connectivity index is 1.27. The highest BCUT2D eigenvalue weighted by Gasteiger charge is 2.50. The first-order valence-electron chi connectivity index (χ1n) is 12.9. The Kier molecular flexibility index (Phi) is 8.45. The molecule has 20 heteroatoms. The van der Waals surface area contributed by atoms with Gasteiger partial charge in [0.05, 0.1) is 31.8 Å². The van der Waals surface area contributed by atoms with Crippen LogP contribution in [0.3, 0.4) is 0 Å². The van der Waals surface area contributed by atoms with E-state index in [0.717, 1.165) is 0 Å². The molecule has 2 aliphatic heterocycles. The van der Waals surface area contributed by atoms with Crippen LogP contribution in [0.1, 0.15) is 36.1 Å². The van der Waals surface area contributed by atoms with E-state index in [1.165, 1.54) is 18.6 Å². The van der Waals surface area contributed by atoms with Crippen molar-refractivity contribution in [3.8, 4) is 0 Å². The average Bonchev–Trinajstić information content (AvgIpc) is 3.48. The molecule has 1 saturated carbocycles. The van der Waals surface area contributed by atoms with Gasteiger partial charge < -0.3 is 40.0 Å². The lowest BCUT2D eigenvalue weighted by molar-refractivity contribution is -0.0239. The Morgan fingerprint density at radius 3 is 2.62 bits per heavy atom. The Labute approximate surface area is 249 Å². The van der Waals surface area contributed by atoms with E-state index in [1.807, 2.05) is 4.57 Å². The molecule has 1 unspecified atom stereocenters. The molecular formula is C22H29N7O9P2S2. The van der Waals surface area contributed by atoms with Crippen LogP contribution in [0.5, 0.6) is 0 Å². The molecule has 3 fully saturated rings. The van der Waals surface area contributed by atoms with Gasteiger partial charge in [-0.3, -0.25) is 14.0 Å². The van der Waals surface area contributed by atoms with Gasteiger partial charge in [0.1, 0.15) is 42.5 Å². The quantitative estimate of drug-likeness (QED) is 0.134. The molecule has 6 N–H and O–H groups in total. The molecule has 228 valence electrons. The third kappa shape index (κ3) is 6.01. The van der Waals surface area contributed by atoms with E-state index >= 15 is 0 Å². The van der Waals surface area contributed by atoms with Gasteiger partial charge in [-0.15, -0.1) is 0 Å². The van der Waals surface area contributed by atoms with Crippen LogP contribution in [-0.4, -0.2) is 72.8 Å². The summed E-state index contributed by atoms with van der Waals surface area (Å²) in [6.45, 7) is -8.49. The van der Waals surface area contributed by atoms with E-state index in [0.29, 0.717) is 23.1 Å². The first kappa shape index (κ1) is 30.4. The summed E-state index contributed by atoms with van der Waals surface area (Å²) in [5, 5.41) is 20.8. The number of ether oxygens (including phenoxy) is 1. The van der Waals surface area contributed by atoms with E-state index in [2.05, 4.69) is 44.4 Å². The highest BCUT2D eigenvalue weighted by Crippen LogP contribution is 2.60. The number of hydrogen-bond donors (Lipinski definition) is 6. The zero-order chi connectivity index (χ0) is 29.8. The number of fused-ring (bicyclic) bond motifs is 4. The minimum absolute atomic E-state index is 0.0523. The van der Waals surface area contributed by atoms with Gasteiger partial charge in [0, 0.05) is 18.2 Å². The number of aliphatic hydroxyl groups excluding tert-OH is 2. The van der Waals surface area contributed by atoms with Crippen LogP contribution in [0.4, 0.5) is 5.82 Å². The number of thiol groups is 2. The number of aromatic nitrogens is 5. The number of nitrogens with two attached hydrogens (primary N) is 2. The summed E-state index contributed by atoms with van der Waals surface area (Å²) in [4.78, 5) is 16.6. The SMILES string of the molecule is Nc1ncnc2c1ncn2[C@@H]1C[C@@H]2CO[P@](=O)(S)O[C@@H]3[C@H](O)[C@@H](CO[P@](=O)(S)OC[C@H]21)O[C@H]3c1ccnc(C(N)O)c1. The minimum Gasteiger partial charge on any atom is -0.387 e. The number of rotatable bonds is 3. The maximum Gasteiger partial charge on any atom is 0.386 e. The van der Waals surface area contributed by atoms with Gasteiger partial charge in [-0.05, 0) is 30.0 Å². The van der Waals surface area contributed by atoms with Crippen molar-refractivity contribution in [2.24, 2.45) is 17.6 Å². The summed E-state index contributed by atoms with van der Waals surface area (Å²) in [6.07, 6.45) is -1.27. The second-order valence-corrected chi connectivity index (χ2v) is 16.0. The third-order valence-corrected chi connectivity index (χ3v) is 11.0. The molecule has 42 heavy (non-hydrogen) atoms. The van der Waals surface area contributed by atoms with Crippen LogP contribution in [0, 0.1) is 11.8 Å². The van der Waals surface area contributed by atoms with E-state index < -0.39 is 50.8 Å². The molecule has 10 atom stereocenters. The topological polar surface area (TPSA) is 229 Å². The van der Waals surface area contributed by atoms with Crippen molar-refractivity contribution in [3.63, 3.8) is 0 Å². The molecule has 16 nitrogen and oxygen atoms in total. The Morgan fingerprint density at radius 1 is 1.07 bits per heavy atom. The lowest BCUT2D eigenvalue weighted by Crippen LogP contribution is -2.43. The van der Waals surface area contributed by atoms with Crippen molar-refractivity contribution in [1.29, 1.82) is 0 Å². The zero-order valence-electron chi connectivity index (χ0n) is 21.8. The van der Waals surface area contributed by atoms with Crippen LogP contribution in [-0.2, 0) is 32.0 Å². The number of nitrogens with zero attached hydrogens (tertiary/aromatic N) is 5. The highest BCUT2D eigenvalue weighted by molar-refractivity contribution is 8.44. The molecule has 2 saturated heterocycles. The fourth-order valence-electron chi connectivity index (χ4n) is 5.47. The largest absolute Gasteiger partial charge is 0.387 e. The second-order valence-electron chi connectivity index (χ2n) is 10.2. The Hall–Kier alpha value is -1.66. The van der Waals surface area contributed by atoms with Crippen molar-refractivity contribution in [3.05, 3.63) is 42.2 Å². The number of pyridine rings is 1. The molecule has 3 aliphatic rings. The second kappa shape index (κ2) is 11.7. The molecule has 5 heterocycles.